The molecule has 0 saturated heterocycles. The van der Waals surface area contributed by atoms with Gasteiger partial charge >= 0.3 is 6.18 Å². The number of halogens is 3. The third-order valence-electron chi connectivity index (χ3n) is 3.48. The first kappa shape index (κ1) is 17.0. The van der Waals surface area contributed by atoms with E-state index in [0.717, 1.165) is 12.8 Å². The van der Waals surface area contributed by atoms with Crippen molar-refractivity contribution in [1.29, 1.82) is 0 Å². The van der Waals surface area contributed by atoms with Crippen LogP contribution in [0.4, 0.5) is 13.2 Å². The molecule has 0 amide bonds. The van der Waals surface area contributed by atoms with Gasteiger partial charge in [-0.15, -0.1) is 0 Å². The minimum absolute atomic E-state index is 0.196. The van der Waals surface area contributed by atoms with Gasteiger partial charge in [-0.2, -0.15) is 13.2 Å². The standard InChI is InChI=1S/C16H24F3N/c1-3-13-7-9-14(10-8-13)15(4-2)20-12-6-5-11-16(17,18)19/h7-10,15,20H,3-6,11-12H2,1-2H3. The van der Waals surface area contributed by atoms with Crippen LogP contribution in [0.3, 0.4) is 0 Å². The maximum Gasteiger partial charge on any atom is 0.389 e. The van der Waals surface area contributed by atoms with Crippen LogP contribution in [0.5, 0.6) is 0 Å². The highest BCUT2D eigenvalue weighted by Gasteiger charge is 2.25. The molecular formula is C16H24F3N. The van der Waals surface area contributed by atoms with Crippen LogP contribution in [0, 0.1) is 0 Å². The second kappa shape index (κ2) is 8.30. The van der Waals surface area contributed by atoms with Gasteiger partial charge in [0, 0.05) is 12.5 Å². The fraction of sp³-hybridized carbons (Fsp3) is 0.625. The van der Waals surface area contributed by atoms with E-state index in [2.05, 4.69) is 43.4 Å². The minimum atomic E-state index is -4.03. The SMILES string of the molecule is CCc1ccc(C(CC)NCCCCC(F)(F)F)cc1. The summed E-state index contributed by atoms with van der Waals surface area (Å²) >= 11 is 0. The van der Waals surface area contributed by atoms with E-state index in [1.807, 2.05) is 0 Å². The van der Waals surface area contributed by atoms with Crippen LogP contribution in [0.25, 0.3) is 0 Å². The lowest BCUT2D eigenvalue weighted by Gasteiger charge is -2.18. The molecule has 0 spiro atoms. The fourth-order valence-corrected chi connectivity index (χ4v) is 2.21. The molecule has 1 rings (SSSR count). The van der Waals surface area contributed by atoms with E-state index < -0.39 is 12.6 Å². The van der Waals surface area contributed by atoms with Crippen molar-refractivity contribution >= 4 is 0 Å². The van der Waals surface area contributed by atoms with E-state index in [1.54, 1.807) is 0 Å². The van der Waals surface area contributed by atoms with Crippen LogP contribution < -0.4 is 5.32 Å². The van der Waals surface area contributed by atoms with Crippen LogP contribution >= 0.6 is 0 Å². The molecule has 0 aliphatic carbocycles. The fourth-order valence-electron chi connectivity index (χ4n) is 2.21. The van der Waals surface area contributed by atoms with Crippen molar-refractivity contribution in [1.82, 2.24) is 5.32 Å². The molecule has 0 aliphatic heterocycles. The largest absolute Gasteiger partial charge is 0.389 e. The molecule has 0 bridgehead atoms. The number of nitrogens with one attached hydrogen (secondary N) is 1. The summed E-state index contributed by atoms with van der Waals surface area (Å²) < 4.78 is 36.1. The number of unbranched alkanes of at least 4 members (excludes halogenated alkanes) is 1. The van der Waals surface area contributed by atoms with Gasteiger partial charge in [-0.05, 0) is 43.4 Å². The lowest BCUT2D eigenvalue weighted by atomic mass is 10.0. The third-order valence-corrected chi connectivity index (χ3v) is 3.48. The molecule has 0 radical (unpaired) electrons. The number of alkyl halides is 3. The van der Waals surface area contributed by atoms with E-state index >= 15 is 0 Å². The van der Waals surface area contributed by atoms with Gasteiger partial charge in [0.15, 0.2) is 0 Å². The summed E-state index contributed by atoms with van der Waals surface area (Å²) in [5, 5.41) is 3.34. The first-order chi connectivity index (χ1) is 9.46. The minimum Gasteiger partial charge on any atom is -0.310 e. The van der Waals surface area contributed by atoms with Crippen molar-refractivity contribution in [3.8, 4) is 0 Å². The van der Waals surface area contributed by atoms with E-state index in [9.17, 15) is 13.2 Å². The van der Waals surface area contributed by atoms with Crippen molar-refractivity contribution < 1.29 is 13.2 Å². The van der Waals surface area contributed by atoms with Gasteiger partial charge in [-0.3, -0.25) is 0 Å². The molecule has 20 heavy (non-hydrogen) atoms. The molecular weight excluding hydrogens is 263 g/mol. The maximum atomic E-state index is 12.0. The van der Waals surface area contributed by atoms with Crippen molar-refractivity contribution in [2.75, 3.05) is 6.54 Å². The summed E-state index contributed by atoms with van der Waals surface area (Å²) in [6.45, 7) is 4.83. The number of benzene rings is 1. The van der Waals surface area contributed by atoms with Gasteiger partial charge in [0.25, 0.3) is 0 Å². The molecule has 0 fully saturated rings. The second-order valence-corrected chi connectivity index (χ2v) is 5.08. The van der Waals surface area contributed by atoms with Crippen LogP contribution in [0.15, 0.2) is 24.3 Å². The lowest BCUT2D eigenvalue weighted by molar-refractivity contribution is -0.135. The maximum absolute atomic E-state index is 12.0. The van der Waals surface area contributed by atoms with E-state index in [4.69, 9.17) is 0 Å². The second-order valence-electron chi connectivity index (χ2n) is 5.08. The zero-order valence-electron chi connectivity index (χ0n) is 12.3. The van der Waals surface area contributed by atoms with Crippen molar-refractivity contribution in [2.45, 2.75) is 58.2 Å². The van der Waals surface area contributed by atoms with Crippen molar-refractivity contribution in [3.05, 3.63) is 35.4 Å². The van der Waals surface area contributed by atoms with Crippen molar-refractivity contribution in [2.24, 2.45) is 0 Å². The molecule has 1 nitrogen and oxygen atoms in total. The Kier molecular flexibility index (Phi) is 7.06. The molecule has 1 unspecified atom stereocenters. The number of aryl methyl sites for hydroxylation is 1. The average molecular weight is 287 g/mol. The summed E-state index contributed by atoms with van der Waals surface area (Å²) in [5.74, 6) is 0. The summed E-state index contributed by atoms with van der Waals surface area (Å²) in [5.41, 5.74) is 2.51. The quantitative estimate of drug-likeness (QED) is 0.662. The van der Waals surface area contributed by atoms with Crippen LogP contribution in [-0.2, 0) is 6.42 Å². The Balaban J connectivity index is 2.35. The molecule has 4 heteroatoms. The Bertz CT molecular complexity index is 370. The zero-order chi connectivity index (χ0) is 15.0. The molecule has 0 aromatic heterocycles. The Morgan fingerprint density at radius 2 is 1.70 bits per heavy atom. The first-order valence-electron chi connectivity index (χ1n) is 7.35. The van der Waals surface area contributed by atoms with Gasteiger partial charge in [0.1, 0.15) is 0 Å². The van der Waals surface area contributed by atoms with E-state index in [0.29, 0.717) is 13.0 Å². The lowest BCUT2D eigenvalue weighted by Crippen LogP contribution is -2.22. The summed E-state index contributed by atoms with van der Waals surface area (Å²) in [4.78, 5) is 0. The first-order valence-corrected chi connectivity index (χ1v) is 7.35. The van der Waals surface area contributed by atoms with E-state index in [1.165, 1.54) is 11.1 Å². The van der Waals surface area contributed by atoms with Crippen LogP contribution in [-0.4, -0.2) is 12.7 Å². The number of hydrogen-bond acceptors (Lipinski definition) is 1. The third kappa shape index (κ3) is 6.42. The highest BCUT2D eigenvalue weighted by molar-refractivity contribution is 5.24. The molecule has 0 aliphatic rings. The van der Waals surface area contributed by atoms with Crippen LogP contribution in [0.1, 0.15) is 56.7 Å². The predicted octanol–water partition coefficient (Wildman–Crippen LogP) is 5.02. The van der Waals surface area contributed by atoms with E-state index in [-0.39, 0.29) is 12.5 Å². The molecule has 1 atom stereocenters. The molecule has 0 saturated carbocycles. The Hall–Kier alpha value is -1.03. The normalized spacial score (nSPS) is 13.4. The Morgan fingerprint density at radius 1 is 1.05 bits per heavy atom. The monoisotopic (exact) mass is 287 g/mol. The molecule has 1 N–H and O–H groups in total. The van der Waals surface area contributed by atoms with Crippen LogP contribution in [0.2, 0.25) is 0 Å². The molecule has 0 heterocycles. The molecule has 114 valence electrons. The average Bonchev–Trinajstić information content (AvgIpc) is 2.42. The van der Waals surface area contributed by atoms with Gasteiger partial charge in [-0.1, -0.05) is 38.1 Å². The predicted molar refractivity (Wildman–Crippen MR) is 76.8 cm³/mol. The van der Waals surface area contributed by atoms with Gasteiger partial charge in [0.2, 0.25) is 0 Å². The summed E-state index contributed by atoms with van der Waals surface area (Å²) in [6.07, 6.45) is -2.01. The van der Waals surface area contributed by atoms with Crippen molar-refractivity contribution in [3.63, 3.8) is 0 Å². The van der Waals surface area contributed by atoms with Gasteiger partial charge in [0.05, 0.1) is 0 Å². The summed E-state index contributed by atoms with van der Waals surface area (Å²) in [6, 6.07) is 8.67. The van der Waals surface area contributed by atoms with Gasteiger partial charge in [-0.25, -0.2) is 0 Å². The topological polar surface area (TPSA) is 12.0 Å². The summed E-state index contributed by atoms with van der Waals surface area (Å²) in [7, 11) is 0. The Labute approximate surface area is 119 Å². The van der Waals surface area contributed by atoms with Gasteiger partial charge < -0.3 is 5.32 Å². The molecule has 1 aromatic rings. The smallest absolute Gasteiger partial charge is 0.310 e. The number of hydrogen-bond donors (Lipinski definition) is 1. The Morgan fingerprint density at radius 3 is 2.20 bits per heavy atom. The molecule has 1 aromatic carbocycles. The highest BCUT2D eigenvalue weighted by atomic mass is 19.4. The highest BCUT2D eigenvalue weighted by Crippen LogP contribution is 2.22. The number of rotatable bonds is 8. The zero-order valence-corrected chi connectivity index (χ0v) is 12.3.